The molecule has 0 radical (unpaired) electrons. The monoisotopic (exact) mass is 336 g/mol. The topological polar surface area (TPSA) is 66.5 Å². The van der Waals surface area contributed by atoms with Gasteiger partial charge in [-0.25, -0.2) is 8.78 Å². The largest absolute Gasteiger partial charge is 0.298 e. The fourth-order valence-electron chi connectivity index (χ4n) is 1.85. The summed E-state index contributed by atoms with van der Waals surface area (Å²) in [5.74, 6) is -4.73. The van der Waals surface area contributed by atoms with Crippen molar-refractivity contribution in [1.29, 1.82) is 0 Å². The van der Waals surface area contributed by atoms with E-state index in [0.29, 0.717) is 6.07 Å². The maximum Gasteiger partial charge on any atom is 0.266 e. The Bertz CT molecular complexity index is 774. The Balaban J connectivity index is 2.35. The number of amides is 2. The van der Waals surface area contributed by atoms with Crippen molar-refractivity contribution in [2.45, 2.75) is 0 Å². The van der Waals surface area contributed by atoms with Crippen molar-refractivity contribution >= 4 is 34.9 Å². The van der Waals surface area contributed by atoms with Gasteiger partial charge in [0.1, 0.15) is 5.57 Å². The summed E-state index contributed by atoms with van der Waals surface area (Å²) in [7, 11) is 0. The number of nitrogens with one attached hydrogen (secondary N) is 1. The van der Waals surface area contributed by atoms with E-state index in [1.165, 1.54) is 6.08 Å². The van der Waals surface area contributed by atoms with Gasteiger partial charge in [-0.3, -0.25) is 24.6 Å². The van der Waals surface area contributed by atoms with E-state index >= 15 is 0 Å². The standard InChI is InChI=1S/C15H10F2N2O3S/c1-2-5-19-14(22)9(13(21)18-15(19)23)7-12(20)8-3-4-10(16)11(17)6-8/h2-4,6-7H,1,5H2,(H,18,21,23). The fraction of sp³-hybridized carbons (Fsp3) is 0.0667. The van der Waals surface area contributed by atoms with Crippen molar-refractivity contribution in [3.8, 4) is 0 Å². The van der Waals surface area contributed by atoms with Crippen LogP contribution in [0.2, 0.25) is 0 Å². The van der Waals surface area contributed by atoms with Gasteiger partial charge in [-0.1, -0.05) is 6.08 Å². The molecular weight excluding hydrogens is 326 g/mol. The van der Waals surface area contributed by atoms with Crippen LogP contribution in [0.4, 0.5) is 8.78 Å². The molecule has 2 amide bonds. The third-order valence-electron chi connectivity index (χ3n) is 2.98. The van der Waals surface area contributed by atoms with Gasteiger partial charge in [0.25, 0.3) is 11.8 Å². The number of nitrogens with zero attached hydrogens (tertiary/aromatic N) is 1. The molecule has 0 spiro atoms. The number of halogens is 2. The molecule has 118 valence electrons. The molecule has 0 unspecified atom stereocenters. The molecule has 1 N–H and O–H groups in total. The highest BCUT2D eigenvalue weighted by Gasteiger charge is 2.33. The third-order valence-corrected chi connectivity index (χ3v) is 3.30. The van der Waals surface area contributed by atoms with Crippen molar-refractivity contribution in [2.24, 2.45) is 0 Å². The Morgan fingerprint density at radius 2 is 2.00 bits per heavy atom. The summed E-state index contributed by atoms with van der Waals surface area (Å²) in [4.78, 5) is 37.1. The Morgan fingerprint density at radius 3 is 2.61 bits per heavy atom. The van der Waals surface area contributed by atoms with Crippen LogP contribution in [0.25, 0.3) is 0 Å². The molecule has 0 aromatic heterocycles. The zero-order valence-electron chi connectivity index (χ0n) is 11.6. The first-order valence-electron chi connectivity index (χ1n) is 6.34. The van der Waals surface area contributed by atoms with Crippen LogP contribution in [0.1, 0.15) is 10.4 Å². The van der Waals surface area contributed by atoms with Crippen molar-refractivity contribution < 1.29 is 23.2 Å². The second kappa shape index (κ2) is 6.57. The Hall–Kier alpha value is -2.74. The van der Waals surface area contributed by atoms with Gasteiger partial charge in [-0.2, -0.15) is 0 Å². The minimum atomic E-state index is -1.21. The molecule has 5 nitrogen and oxygen atoms in total. The van der Waals surface area contributed by atoms with E-state index in [2.05, 4.69) is 11.9 Å². The normalized spacial score (nSPS) is 16.5. The number of benzene rings is 1. The molecule has 0 atom stereocenters. The maximum atomic E-state index is 13.2. The van der Waals surface area contributed by atoms with Crippen LogP contribution < -0.4 is 5.32 Å². The van der Waals surface area contributed by atoms with Gasteiger partial charge in [0.05, 0.1) is 0 Å². The average molecular weight is 336 g/mol. The van der Waals surface area contributed by atoms with E-state index < -0.39 is 34.8 Å². The smallest absolute Gasteiger partial charge is 0.266 e. The first kappa shape index (κ1) is 16.6. The quantitative estimate of drug-likeness (QED) is 0.298. The Labute approximate surface area is 135 Å². The lowest BCUT2D eigenvalue weighted by Gasteiger charge is -2.27. The van der Waals surface area contributed by atoms with Gasteiger partial charge in [0.15, 0.2) is 22.5 Å². The zero-order chi connectivity index (χ0) is 17.1. The SMILES string of the molecule is C=CCN1C(=O)C(=CC(=O)c2ccc(F)c(F)c2)C(=O)NC1=S. The van der Waals surface area contributed by atoms with E-state index in [-0.39, 0.29) is 17.2 Å². The van der Waals surface area contributed by atoms with Crippen molar-refractivity contribution in [1.82, 2.24) is 10.2 Å². The van der Waals surface area contributed by atoms with Gasteiger partial charge >= 0.3 is 0 Å². The lowest BCUT2D eigenvalue weighted by Crippen LogP contribution is -2.54. The van der Waals surface area contributed by atoms with E-state index in [1.807, 2.05) is 0 Å². The predicted molar refractivity (Wildman–Crippen MR) is 81.4 cm³/mol. The van der Waals surface area contributed by atoms with Crippen LogP contribution in [-0.4, -0.2) is 34.2 Å². The molecule has 23 heavy (non-hydrogen) atoms. The van der Waals surface area contributed by atoms with Crippen LogP contribution in [-0.2, 0) is 9.59 Å². The van der Waals surface area contributed by atoms with Gasteiger partial charge in [0, 0.05) is 18.2 Å². The molecule has 1 saturated heterocycles. The van der Waals surface area contributed by atoms with Crippen LogP contribution >= 0.6 is 12.2 Å². The molecule has 0 bridgehead atoms. The summed E-state index contributed by atoms with van der Waals surface area (Å²) < 4.78 is 26.0. The van der Waals surface area contributed by atoms with E-state index in [0.717, 1.165) is 23.1 Å². The van der Waals surface area contributed by atoms with Gasteiger partial charge < -0.3 is 0 Å². The van der Waals surface area contributed by atoms with Crippen molar-refractivity contribution in [3.05, 3.63) is 59.7 Å². The predicted octanol–water partition coefficient (Wildman–Crippen LogP) is 1.50. The summed E-state index contributed by atoms with van der Waals surface area (Å²) in [5, 5.41) is 2.17. The fourth-order valence-corrected chi connectivity index (χ4v) is 2.10. The van der Waals surface area contributed by atoms with Gasteiger partial charge in [0.2, 0.25) is 0 Å². The summed E-state index contributed by atoms with van der Waals surface area (Å²) in [6.07, 6.45) is 2.17. The molecule has 1 heterocycles. The highest BCUT2D eigenvalue weighted by Crippen LogP contribution is 2.14. The van der Waals surface area contributed by atoms with E-state index in [1.54, 1.807) is 0 Å². The van der Waals surface area contributed by atoms with E-state index in [4.69, 9.17) is 12.2 Å². The second-order valence-electron chi connectivity index (χ2n) is 4.51. The number of carbonyl (C=O) groups is 3. The lowest BCUT2D eigenvalue weighted by atomic mass is 10.1. The molecule has 1 fully saturated rings. The van der Waals surface area contributed by atoms with Crippen LogP contribution in [0.5, 0.6) is 0 Å². The molecule has 1 aromatic rings. The Kier molecular flexibility index (Phi) is 4.75. The first-order valence-corrected chi connectivity index (χ1v) is 6.75. The van der Waals surface area contributed by atoms with Crippen molar-refractivity contribution in [3.63, 3.8) is 0 Å². The second-order valence-corrected chi connectivity index (χ2v) is 4.90. The molecular formula is C15H10F2N2O3S. The highest BCUT2D eigenvalue weighted by molar-refractivity contribution is 7.80. The first-order chi connectivity index (χ1) is 10.8. The number of hydrogen-bond donors (Lipinski definition) is 1. The number of hydrogen-bond acceptors (Lipinski definition) is 4. The average Bonchev–Trinajstić information content (AvgIpc) is 2.50. The zero-order valence-corrected chi connectivity index (χ0v) is 12.5. The van der Waals surface area contributed by atoms with Crippen LogP contribution in [0.15, 0.2) is 42.5 Å². The number of thiocarbonyl (C=S) groups is 1. The maximum absolute atomic E-state index is 13.2. The number of rotatable bonds is 4. The minimum Gasteiger partial charge on any atom is -0.298 e. The van der Waals surface area contributed by atoms with Crippen LogP contribution in [0.3, 0.4) is 0 Å². The van der Waals surface area contributed by atoms with Gasteiger partial charge in [-0.05, 0) is 30.4 Å². The molecule has 1 aliphatic heterocycles. The molecule has 8 heteroatoms. The van der Waals surface area contributed by atoms with E-state index in [9.17, 15) is 23.2 Å². The summed E-state index contributed by atoms with van der Waals surface area (Å²) in [6, 6.07) is 2.52. The minimum absolute atomic E-state index is 0.0503. The number of allylic oxidation sites excluding steroid dienone is 1. The number of carbonyl (C=O) groups excluding carboxylic acids is 3. The molecule has 1 aliphatic rings. The third kappa shape index (κ3) is 3.37. The van der Waals surface area contributed by atoms with Gasteiger partial charge in [-0.15, -0.1) is 6.58 Å². The molecule has 1 aromatic carbocycles. The van der Waals surface area contributed by atoms with Crippen LogP contribution in [0, 0.1) is 11.6 Å². The summed E-state index contributed by atoms with van der Waals surface area (Å²) in [6.45, 7) is 3.51. The summed E-state index contributed by atoms with van der Waals surface area (Å²) >= 11 is 4.86. The molecule has 2 rings (SSSR count). The Morgan fingerprint density at radius 1 is 1.30 bits per heavy atom. The molecule has 0 saturated carbocycles. The number of ketones is 1. The lowest BCUT2D eigenvalue weighted by molar-refractivity contribution is -0.128. The van der Waals surface area contributed by atoms with Crippen molar-refractivity contribution in [2.75, 3.05) is 6.54 Å². The highest BCUT2D eigenvalue weighted by atomic mass is 32.1. The molecule has 0 aliphatic carbocycles. The summed E-state index contributed by atoms with van der Waals surface area (Å²) in [5.41, 5.74) is -0.643.